The number of aromatic nitrogens is 3. The molecule has 1 aromatic rings. The molecule has 0 fully saturated rings. The summed E-state index contributed by atoms with van der Waals surface area (Å²) in [5, 5.41) is 4.35. The summed E-state index contributed by atoms with van der Waals surface area (Å²) in [4.78, 5) is 4.48. The van der Waals surface area contributed by atoms with Crippen molar-refractivity contribution in [2.24, 2.45) is 12.8 Å². The highest BCUT2D eigenvalue weighted by Crippen LogP contribution is 2.10. The van der Waals surface area contributed by atoms with E-state index in [9.17, 15) is 0 Å². The zero-order valence-corrected chi connectivity index (χ0v) is 9.49. The van der Waals surface area contributed by atoms with Crippen LogP contribution >= 0.6 is 0 Å². The Labute approximate surface area is 85.5 Å². The maximum absolute atomic E-state index is 5.70. The molecule has 0 aliphatic heterocycles. The van der Waals surface area contributed by atoms with Crippen LogP contribution in [0.15, 0.2) is 0 Å². The van der Waals surface area contributed by atoms with E-state index >= 15 is 0 Å². The Hall–Kier alpha value is -0.900. The van der Waals surface area contributed by atoms with Crippen molar-refractivity contribution in [2.75, 3.05) is 0 Å². The van der Waals surface area contributed by atoms with Crippen molar-refractivity contribution in [3.63, 3.8) is 0 Å². The van der Waals surface area contributed by atoms with Crippen molar-refractivity contribution in [3.05, 3.63) is 11.6 Å². The smallest absolute Gasteiger partial charge is 0.153 e. The lowest BCUT2D eigenvalue weighted by Gasteiger charge is -2.02. The highest BCUT2D eigenvalue weighted by atomic mass is 15.3. The number of hydrogen-bond acceptors (Lipinski definition) is 3. The van der Waals surface area contributed by atoms with Gasteiger partial charge in [0, 0.05) is 25.4 Å². The predicted molar refractivity (Wildman–Crippen MR) is 57.1 cm³/mol. The summed E-state index contributed by atoms with van der Waals surface area (Å²) in [5.41, 5.74) is 5.70. The molecule has 14 heavy (non-hydrogen) atoms. The van der Waals surface area contributed by atoms with E-state index in [4.69, 9.17) is 5.73 Å². The molecule has 0 aromatic carbocycles. The van der Waals surface area contributed by atoms with E-state index in [1.54, 1.807) is 0 Å². The van der Waals surface area contributed by atoms with Gasteiger partial charge in [-0.25, -0.2) is 4.98 Å². The number of rotatable bonds is 4. The van der Waals surface area contributed by atoms with Gasteiger partial charge in [-0.3, -0.25) is 4.68 Å². The summed E-state index contributed by atoms with van der Waals surface area (Å²) in [7, 11) is 1.94. The minimum absolute atomic E-state index is 0.231. The molecule has 0 aliphatic rings. The van der Waals surface area contributed by atoms with Crippen molar-refractivity contribution >= 4 is 0 Å². The summed E-state index contributed by atoms with van der Waals surface area (Å²) in [5.74, 6) is 2.35. The van der Waals surface area contributed by atoms with Crippen molar-refractivity contribution < 1.29 is 0 Å². The molecule has 2 N–H and O–H groups in total. The predicted octanol–water partition coefficient (Wildman–Crippen LogP) is 1.22. The van der Waals surface area contributed by atoms with Crippen molar-refractivity contribution in [1.82, 2.24) is 14.8 Å². The van der Waals surface area contributed by atoms with Crippen LogP contribution in [0.25, 0.3) is 0 Å². The van der Waals surface area contributed by atoms with Crippen LogP contribution in [-0.4, -0.2) is 20.8 Å². The summed E-state index contributed by atoms with van der Waals surface area (Å²) in [6.45, 7) is 6.22. The lowest BCUT2D eigenvalue weighted by atomic mass is 10.2. The molecule has 0 aliphatic carbocycles. The molecule has 4 heteroatoms. The molecule has 0 saturated heterocycles. The van der Waals surface area contributed by atoms with E-state index in [2.05, 4.69) is 23.9 Å². The normalized spacial score (nSPS) is 13.6. The third kappa shape index (κ3) is 2.80. The van der Waals surface area contributed by atoms with Crippen LogP contribution in [-0.2, 0) is 13.5 Å². The molecule has 0 bridgehead atoms. The van der Waals surface area contributed by atoms with Gasteiger partial charge >= 0.3 is 0 Å². The minimum atomic E-state index is 0.231. The maximum Gasteiger partial charge on any atom is 0.153 e. The van der Waals surface area contributed by atoms with E-state index in [1.807, 2.05) is 18.7 Å². The van der Waals surface area contributed by atoms with Crippen LogP contribution in [0.4, 0.5) is 0 Å². The highest BCUT2D eigenvalue weighted by molar-refractivity contribution is 4.97. The standard InChI is InChI=1S/C10H20N4/c1-7(2)10-12-9(14(4)13-10)6-5-8(3)11/h7-8H,5-6,11H2,1-4H3. The van der Waals surface area contributed by atoms with E-state index in [0.29, 0.717) is 5.92 Å². The lowest BCUT2D eigenvalue weighted by molar-refractivity contribution is 0.613. The molecule has 0 radical (unpaired) electrons. The average molecular weight is 196 g/mol. The van der Waals surface area contributed by atoms with E-state index in [0.717, 1.165) is 24.5 Å². The van der Waals surface area contributed by atoms with Crippen LogP contribution < -0.4 is 5.73 Å². The number of nitrogens with zero attached hydrogens (tertiary/aromatic N) is 3. The number of hydrogen-bond donors (Lipinski definition) is 1. The van der Waals surface area contributed by atoms with Gasteiger partial charge in [0.25, 0.3) is 0 Å². The molecule has 0 spiro atoms. The first-order valence-electron chi connectivity index (χ1n) is 5.16. The van der Waals surface area contributed by atoms with Crippen molar-refractivity contribution in [2.45, 2.75) is 45.6 Å². The number of aryl methyl sites for hydroxylation is 2. The Kier molecular flexibility index (Phi) is 3.63. The van der Waals surface area contributed by atoms with E-state index in [1.165, 1.54) is 0 Å². The molecule has 4 nitrogen and oxygen atoms in total. The van der Waals surface area contributed by atoms with Gasteiger partial charge in [-0.1, -0.05) is 13.8 Å². The van der Waals surface area contributed by atoms with Crippen LogP contribution in [0.5, 0.6) is 0 Å². The second kappa shape index (κ2) is 4.55. The van der Waals surface area contributed by atoms with E-state index < -0.39 is 0 Å². The fourth-order valence-corrected chi connectivity index (χ4v) is 1.26. The van der Waals surface area contributed by atoms with Gasteiger partial charge in [0.1, 0.15) is 5.82 Å². The fraction of sp³-hybridized carbons (Fsp3) is 0.800. The molecule has 0 saturated carbocycles. The largest absolute Gasteiger partial charge is 0.328 e. The Morgan fingerprint density at radius 2 is 2.00 bits per heavy atom. The van der Waals surface area contributed by atoms with Crippen molar-refractivity contribution in [3.8, 4) is 0 Å². The Bertz CT molecular complexity index is 288. The molecular weight excluding hydrogens is 176 g/mol. The maximum atomic E-state index is 5.70. The molecule has 1 heterocycles. The van der Waals surface area contributed by atoms with Crippen molar-refractivity contribution in [1.29, 1.82) is 0 Å². The minimum Gasteiger partial charge on any atom is -0.328 e. The second-order valence-electron chi connectivity index (χ2n) is 4.18. The first-order valence-corrected chi connectivity index (χ1v) is 5.16. The number of nitrogens with two attached hydrogens (primary N) is 1. The molecule has 1 unspecified atom stereocenters. The van der Waals surface area contributed by atoms with Crippen LogP contribution in [0.1, 0.15) is 44.8 Å². The SMILES string of the molecule is CC(N)CCc1nc(C(C)C)nn1C. The zero-order valence-electron chi connectivity index (χ0n) is 9.49. The molecule has 80 valence electrons. The zero-order chi connectivity index (χ0) is 10.7. The quantitative estimate of drug-likeness (QED) is 0.787. The first kappa shape index (κ1) is 11.2. The van der Waals surface area contributed by atoms with Gasteiger partial charge in [0.2, 0.25) is 0 Å². The van der Waals surface area contributed by atoms with Gasteiger partial charge < -0.3 is 5.73 Å². The Balaban J connectivity index is 2.67. The summed E-state index contributed by atoms with van der Waals surface area (Å²) in [6, 6.07) is 0.231. The third-order valence-electron chi connectivity index (χ3n) is 2.21. The van der Waals surface area contributed by atoms with Crippen LogP contribution in [0.2, 0.25) is 0 Å². The highest BCUT2D eigenvalue weighted by Gasteiger charge is 2.10. The summed E-state index contributed by atoms with van der Waals surface area (Å²) >= 11 is 0. The summed E-state index contributed by atoms with van der Waals surface area (Å²) in [6.07, 6.45) is 1.87. The third-order valence-corrected chi connectivity index (χ3v) is 2.21. The molecule has 1 aromatic heterocycles. The Morgan fingerprint density at radius 1 is 1.36 bits per heavy atom. The summed E-state index contributed by atoms with van der Waals surface area (Å²) < 4.78 is 1.86. The average Bonchev–Trinajstić information content (AvgIpc) is 2.43. The van der Waals surface area contributed by atoms with Gasteiger partial charge in [-0.15, -0.1) is 0 Å². The molecule has 1 rings (SSSR count). The lowest BCUT2D eigenvalue weighted by Crippen LogP contribution is -2.16. The van der Waals surface area contributed by atoms with E-state index in [-0.39, 0.29) is 6.04 Å². The van der Waals surface area contributed by atoms with Gasteiger partial charge in [0.15, 0.2) is 5.82 Å². The molecule has 0 amide bonds. The van der Waals surface area contributed by atoms with Crippen LogP contribution in [0.3, 0.4) is 0 Å². The Morgan fingerprint density at radius 3 is 2.43 bits per heavy atom. The monoisotopic (exact) mass is 196 g/mol. The van der Waals surface area contributed by atoms with Gasteiger partial charge in [0.05, 0.1) is 0 Å². The first-order chi connectivity index (χ1) is 6.50. The fourth-order valence-electron chi connectivity index (χ4n) is 1.26. The van der Waals surface area contributed by atoms with Gasteiger partial charge in [-0.05, 0) is 13.3 Å². The molecular formula is C10H20N4. The second-order valence-corrected chi connectivity index (χ2v) is 4.18. The van der Waals surface area contributed by atoms with Crippen LogP contribution in [0, 0.1) is 0 Å². The topological polar surface area (TPSA) is 56.7 Å². The molecule has 1 atom stereocenters. The van der Waals surface area contributed by atoms with Gasteiger partial charge in [-0.2, -0.15) is 5.10 Å².